The van der Waals surface area contributed by atoms with Crippen LogP contribution < -0.4 is 17.3 Å². The highest BCUT2D eigenvalue weighted by atomic mass is 79.9. The SMILES string of the molecule is CN(C)c1ccc(C2=CC(=CC3=CCC(=CBr)C=C3)C=CC2=[N+](C)C)cc1.[Cl-]. The molecule has 0 unspecified atom stereocenters. The topological polar surface area (TPSA) is 6.25 Å². The maximum absolute atomic E-state index is 3.41. The van der Waals surface area contributed by atoms with Crippen LogP contribution in [0.4, 0.5) is 5.69 Å². The Morgan fingerprint density at radius 3 is 2.25 bits per heavy atom. The molecule has 0 aliphatic heterocycles. The van der Waals surface area contributed by atoms with Gasteiger partial charge in [-0.1, -0.05) is 46.3 Å². The van der Waals surface area contributed by atoms with E-state index < -0.39 is 0 Å². The van der Waals surface area contributed by atoms with Crippen molar-refractivity contribution < 1.29 is 17.0 Å². The van der Waals surface area contributed by atoms with E-state index in [9.17, 15) is 0 Å². The molecular weight excluding hydrogens is 432 g/mol. The first-order valence-electron chi connectivity index (χ1n) is 9.09. The molecule has 1 aromatic carbocycles. The summed E-state index contributed by atoms with van der Waals surface area (Å²) < 4.78 is 2.17. The normalized spacial score (nSPS) is 18.7. The molecule has 0 heterocycles. The van der Waals surface area contributed by atoms with Crippen LogP contribution in [-0.2, 0) is 0 Å². The van der Waals surface area contributed by atoms with Gasteiger partial charge in [-0.3, -0.25) is 0 Å². The molecule has 2 aliphatic carbocycles. The third-order valence-corrected chi connectivity index (χ3v) is 5.32. The van der Waals surface area contributed by atoms with Crippen LogP contribution in [0.15, 0.2) is 88.5 Å². The van der Waals surface area contributed by atoms with Crippen LogP contribution in [-0.4, -0.2) is 38.5 Å². The first kappa shape index (κ1) is 22.2. The average molecular weight is 458 g/mol. The van der Waals surface area contributed by atoms with Gasteiger partial charge >= 0.3 is 0 Å². The van der Waals surface area contributed by atoms with Crippen molar-refractivity contribution in [2.24, 2.45) is 0 Å². The van der Waals surface area contributed by atoms with Crippen molar-refractivity contribution in [2.45, 2.75) is 6.42 Å². The maximum Gasteiger partial charge on any atom is 0.207 e. The number of benzene rings is 1. The second-order valence-corrected chi connectivity index (χ2v) is 7.64. The number of anilines is 1. The van der Waals surface area contributed by atoms with E-state index >= 15 is 0 Å². The summed E-state index contributed by atoms with van der Waals surface area (Å²) in [5.74, 6) is 0. The monoisotopic (exact) mass is 456 g/mol. The Labute approximate surface area is 183 Å². The lowest BCUT2D eigenvalue weighted by Crippen LogP contribution is -3.00. The van der Waals surface area contributed by atoms with Crippen LogP contribution in [0.3, 0.4) is 0 Å². The summed E-state index contributed by atoms with van der Waals surface area (Å²) in [5.41, 5.74) is 8.67. The maximum atomic E-state index is 3.41. The van der Waals surface area contributed by atoms with Crippen LogP contribution in [0.5, 0.6) is 0 Å². The summed E-state index contributed by atoms with van der Waals surface area (Å²) in [7, 11) is 8.32. The van der Waals surface area contributed by atoms with Crippen molar-refractivity contribution in [3.05, 3.63) is 94.1 Å². The van der Waals surface area contributed by atoms with Crippen molar-refractivity contribution in [2.75, 3.05) is 33.1 Å². The Bertz CT molecular complexity index is 935. The van der Waals surface area contributed by atoms with Crippen LogP contribution in [0, 0.1) is 0 Å². The molecule has 0 bridgehead atoms. The summed E-state index contributed by atoms with van der Waals surface area (Å²) in [4.78, 5) is 4.11. The van der Waals surface area contributed by atoms with Gasteiger partial charge in [0.1, 0.15) is 14.1 Å². The number of nitrogens with zero attached hydrogens (tertiary/aromatic N) is 2. The predicted octanol–water partition coefficient (Wildman–Crippen LogP) is 2.51. The van der Waals surface area contributed by atoms with E-state index in [2.05, 4.69) is 120 Å². The summed E-state index contributed by atoms with van der Waals surface area (Å²) >= 11 is 3.41. The molecule has 0 N–H and O–H groups in total. The lowest BCUT2D eigenvalue weighted by molar-refractivity contribution is -0.462. The Balaban J connectivity index is 0.00000280. The summed E-state index contributed by atoms with van der Waals surface area (Å²) in [6.07, 6.45) is 16.5. The molecule has 0 saturated carbocycles. The molecule has 0 aromatic heterocycles. The molecule has 2 nitrogen and oxygen atoms in total. The zero-order valence-corrected chi connectivity index (χ0v) is 19.1. The molecule has 3 rings (SSSR count). The molecule has 0 fully saturated rings. The highest BCUT2D eigenvalue weighted by Gasteiger charge is 2.18. The molecule has 4 heteroatoms. The van der Waals surface area contributed by atoms with E-state index in [1.165, 1.54) is 39.3 Å². The number of allylic oxidation sites excluding steroid dienone is 11. The zero-order valence-electron chi connectivity index (χ0n) is 16.8. The van der Waals surface area contributed by atoms with E-state index in [4.69, 9.17) is 0 Å². The summed E-state index contributed by atoms with van der Waals surface area (Å²) in [6.45, 7) is 0. The van der Waals surface area contributed by atoms with Crippen LogP contribution in [0.2, 0.25) is 0 Å². The predicted molar refractivity (Wildman–Crippen MR) is 122 cm³/mol. The van der Waals surface area contributed by atoms with Crippen LogP contribution >= 0.6 is 15.9 Å². The van der Waals surface area contributed by atoms with Gasteiger partial charge in [0.25, 0.3) is 0 Å². The fourth-order valence-electron chi connectivity index (χ4n) is 3.16. The van der Waals surface area contributed by atoms with Gasteiger partial charge in [0.05, 0.1) is 5.57 Å². The standard InChI is InChI=1S/C24H26BrN2.ClH/c1-26(2)22-12-10-21(11-13-22)23-16-20(9-14-24(23)27(3)4)15-18-5-7-19(17-25)8-6-18;/h5-7,9-17H,8H2,1-4H3;1H/q+1;/p-1. The van der Waals surface area contributed by atoms with Gasteiger partial charge in [0.2, 0.25) is 5.71 Å². The fraction of sp³-hybridized carbons (Fsp3) is 0.208. The fourth-order valence-corrected chi connectivity index (χ4v) is 3.50. The Kier molecular flexibility index (Phi) is 7.85. The highest BCUT2D eigenvalue weighted by molar-refractivity contribution is 9.11. The first-order chi connectivity index (χ1) is 13.0. The summed E-state index contributed by atoms with van der Waals surface area (Å²) in [6, 6.07) is 8.75. The van der Waals surface area contributed by atoms with E-state index in [1.54, 1.807) is 0 Å². The van der Waals surface area contributed by atoms with Gasteiger partial charge in [0, 0.05) is 25.9 Å². The van der Waals surface area contributed by atoms with Crippen molar-refractivity contribution in [3.63, 3.8) is 0 Å². The second-order valence-electron chi connectivity index (χ2n) is 7.18. The van der Waals surface area contributed by atoms with Gasteiger partial charge in [-0.15, -0.1) is 0 Å². The Morgan fingerprint density at radius 1 is 1.00 bits per heavy atom. The molecule has 0 amide bonds. The van der Waals surface area contributed by atoms with Gasteiger partial charge < -0.3 is 17.3 Å². The highest BCUT2D eigenvalue weighted by Crippen LogP contribution is 2.27. The number of hydrogen-bond acceptors (Lipinski definition) is 1. The van der Waals surface area contributed by atoms with Gasteiger partial charge in [0.15, 0.2) is 0 Å². The average Bonchev–Trinajstić information content (AvgIpc) is 2.68. The molecule has 28 heavy (non-hydrogen) atoms. The third kappa shape index (κ3) is 5.24. The van der Waals surface area contributed by atoms with E-state index in [1.807, 2.05) is 4.99 Å². The van der Waals surface area contributed by atoms with Crippen molar-refractivity contribution in [3.8, 4) is 0 Å². The largest absolute Gasteiger partial charge is 1.00 e. The molecule has 146 valence electrons. The third-order valence-electron chi connectivity index (χ3n) is 4.73. The Hall–Kier alpha value is -2.10. The number of halogens is 2. The minimum atomic E-state index is 0. The minimum Gasteiger partial charge on any atom is -1.00 e. The molecule has 0 atom stereocenters. The number of rotatable bonds is 3. The van der Waals surface area contributed by atoms with Gasteiger partial charge in [-0.2, -0.15) is 0 Å². The van der Waals surface area contributed by atoms with E-state index in [-0.39, 0.29) is 12.4 Å². The van der Waals surface area contributed by atoms with Crippen molar-refractivity contribution in [1.82, 2.24) is 0 Å². The first-order valence-corrected chi connectivity index (χ1v) is 10.0. The van der Waals surface area contributed by atoms with E-state index in [0.29, 0.717) is 0 Å². The molecular formula is C24H26BrClN2. The Morgan fingerprint density at radius 2 is 1.71 bits per heavy atom. The van der Waals surface area contributed by atoms with E-state index in [0.717, 1.165) is 6.42 Å². The smallest absolute Gasteiger partial charge is 0.207 e. The van der Waals surface area contributed by atoms with Gasteiger partial charge in [-0.25, -0.2) is 4.58 Å². The van der Waals surface area contributed by atoms with Crippen LogP contribution in [0.1, 0.15) is 12.0 Å². The van der Waals surface area contributed by atoms with Gasteiger partial charge in [-0.05, 0) is 64.0 Å². The molecule has 1 aromatic rings. The lowest BCUT2D eigenvalue weighted by Gasteiger charge is -2.15. The van der Waals surface area contributed by atoms with Crippen molar-refractivity contribution in [1.29, 1.82) is 0 Å². The lowest BCUT2D eigenvalue weighted by atomic mass is 9.92. The van der Waals surface area contributed by atoms with Crippen molar-refractivity contribution >= 4 is 32.9 Å². The molecule has 0 saturated heterocycles. The quantitative estimate of drug-likeness (QED) is 0.632. The molecule has 0 radical (unpaired) electrons. The molecule has 0 spiro atoms. The summed E-state index contributed by atoms with van der Waals surface area (Å²) in [5, 5.41) is 0. The minimum absolute atomic E-state index is 0. The molecule has 2 aliphatic rings. The zero-order chi connectivity index (χ0) is 19.4. The van der Waals surface area contributed by atoms with Crippen LogP contribution in [0.25, 0.3) is 5.57 Å². The second kappa shape index (κ2) is 9.90. The number of hydrogen-bond donors (Lipinski definition) is 0.